The molecule has 0 radical (unpaired) electrons. The number of carboxylic acid groups (broad SMARTS) is 1. The van der Waals surface area contributed by atoms with Crippen molar-refractivity contribution in [3.8, 4) is 0 Å². The van der Waals surface area contributed by atoms with E-state index in [1.54, 1.807) is 0 Å². The normalized spacial score (nSPS) is 14.8. The number of halogens is 5. The minimum atomic E-state index is -4.44. The molecule has 3 nitrogen and oxygen atoms in total. The number of aliphatic carboxylic acids is 1. The van der Waals surface area contributed by atoms with Crippen molar-refractivity contribution in [1.82, 2.24) is 0 Å². The summed E-state index contributed by atoms with van der Waals surface area (Å²) in [5, 5.41) is 9.28. The van der Waals surface area contributed by atoms with Gasteiger partial charge in [-0.1, -0.05) is 0 Å². The highest BCUT2D eigenvalue weighted by Crippen LogP contribution is 2.33. The van der Waals surface area contributed by atoms with E-state index in [-0.39, 0.29) is 5.56 Å². The molecule has 1 rings (SSSR count). The largest absolute Gasteiger partial charge is 0.481 e. The number of hydrogen-bond acceptors (Lipinski definition) is 2. The van der Waals surface area contributed by atoms with Gasteiger partial charge in [-0.3, -0.25) is 4.79 Å². The van der Waals surface area contributed by atoms with E-state index in [1.165, 1.54) is 0 Å². The van der Waals surface area contributed by atoms with Crippen molar-refractivity contribution in [2.45, 2.75) is 30.9 Å². The SMILES string of the molecule is NCC(CCCC(F)(F)F)(C(=O)O)c1cc(F)cc(F)c1. The summed E-state index contributed by atoms with van der Waals surface area (Å²) in [7, 11) is 0. The molecule has 8 heteroatoms. The zero-order valence-electron chi connectivity index (χ0n) is 10.9. The lowest BCUT2D eigenvalue weighted by Crippen LogP contribution is -2.43. The maximum absolute atomic E-state index is 13.2. The first kappa shape index (κ1) is 17.4. The molecule has 0 saturated heterocycles. The van der Waals surface area contributed by atoms with Gasteiger partial charge in [0, 0.05) is 19.0 Å². The fourth-order valence-corrected chi connectivity index (χ4v) is 2.10. The summed E-state index contributed by atoms with van der Waals surface area (Å²) in [6.45, 7) is -0.566. The van der Waals surface area contributed by atoms with Crippen LogP contribution in [-0.4, -0.2) is 23.8 Å². The van der Waals surface area contributed by atoms with Crippen molar-refractivity contribution in [3.05, 3.63) is 35.4 Å². The Kier molecular flexibility index (Phi) is 5.27. The lowest BCUT2D eigenvalue weighted by molar-refractivity contribution is -0.147. The molecule has 0 aromatic heterocycles. The number of nitrogens with two attached hydrogens (primary N) is 1. The smallest absolute Gasteiger partial charge is 0.389 e. The zero-order valence-corrected chi connectivity index (χ0v) is 10.9. The highest BCUT2D eigenvalue weighted by atomic mass is 19.4. The zero-order chi connectivity index (χ0) is 16.3. The van der Waals surface area contributed by atoms with Gasteiger partial charge in [-0.2, -0.15) is 13.2 Å². The first-order valence-corrected chi connectivity index (χ1v) is 6.07. The monoisotopic (exact) mass is 311 g/mol. The highest BCUT2D eigenvalue weighted by molar-refractivity contribution is 5.81. The van der Waals surface area contributed by atoms with Crippen molar-refractivity contribution in [2.75, 3.05) is 6.54 Å². The van der Waals surface area contributed by atoms with E-state index in [0.29, 0.717) is 6.07 Å². The predicted octanol–water partition coefficient (Wildman–Crippen LogP) is 2.98. The van der Waals surface area contributed by atoms with E-state index in [1.807, 2.05) is 0 Å². The summed E-state index contributed by atoms with van der Waals surface area (Å²) in [4.78, 5) is 11.4. The van der Waals surface area contributed by atoms with Gasteiger partial charge >= 0.3 is 12.1 Å². The summed E-state index contributed by atoms with van der Waals surface area (Å²) < 4.78 is 62.9. The molecule has 0 aliphatic heterocycles. The minimum Gasteiger partial charge on any atom is -0.481 e. The molecule has 0 fully saturated rings. The van der Waals surface area contributed by atoms with E-state index in [9.17, 15) is 31.9 Å². The highest BCUT2D eigenvalue weighted by Gasteiger charge is 2.40. The molecule has 1 unspecified atom stereocenters. The van der Waals surface area contributed by atoms with E-state index in [4.69, 9.17) is 5.73 Å². The Morgan fingerprint density at radius 1 is 1.10 bits per heavy atom. The second kappa shape index (κ2) is 6.38. The Bertz CT molecular complexity index is 498. The Balaban J connectivity index is 3.11. The standard InChI is InChI=1S/C13H14F5NO2/c14-9-4-8(5-10(15)6-9)12(7-19,11(20)21)2-1-3-13(16,17)18/h4-6H,1-3,7,19H2,(H,20,21). The molecule has 0 amide bonds. The molecule has 0 aliphatic rings. The second-order valence-corrected chi connectivity index (χ2v) is 4.72. The molecule has 118 valence electrons. The molecule has 1 aromatic rings. The van der Waals surface area contributed by atoms with Gasteiger partial charge in [0.1, 0.15) is 17.0 Å². The van der Waals surface area contributed by atoms with Crippen molar-refractivity contribution >= 4 is 5.97 Å². The van der Waals surface area contributed by atoms with Gasteiger partial charge in [0.05, 0.1) is 0 Å². The van der Waals surface area contributed by atoms with Crippen LogP contribution in [0.2, 0.25) is 0 Å². The molecule has 0 heterocycles. The fraction of sp³-hybridized carbons (Fsp3) is 0.462. The molecular weight excluding hydrogens is 297 g/mol. The van der Waals surface area contributed by atoms with Gasteiger partial charge in [-0.15, -0.1) is 0 Å². The van der Waals surface area contributed by atoms with Crippen molar-refractivity contribution < 1.29 is 31.9 Å². The van der Waals surface area contributed by atoms with Crippen molar-refractivity contribution in [3.63, 3.8) is 0 Å². The lowest BCUT2D eigenvalue weighted by atomic mass is 9.76. The minimum absolute atomic E-state index is 0.280. The summed E-state index contributed by atoms with van der Waals surface area (Å²) >= 11 is 0. The molecule has 21 heavy (non-hydrogen) atoms. The topological polar surface area (TPSA) is 63.3 Å². The van der Waals surface area contributed by atoms with Crippen LogP contribution in [0, 0.1) is 11.6 Å². The third kappa shape index (κ3) is 4.38. The molecule has 0 spiro atoms. The third-order valence-electron chi connectivity index (χ3n) is 3.24. The Hall–Kier alpha value is -1.70. The maximum atomic E-state index is 13.2. The van der Waals surface area contributed by atoms with Gasteiger partial charge in [0.2, 0.25) is 0 Å². The molecule has 1 atom stereocenters. The average Bonchev–Trinajstić information content (AvgIpc) is 2.31. The van der Waals surface area contributed by atoms with Crippen LogP contribution >= 0.6 is 0 Å². The van der Waals surface area contributed by atoms with E-state index >= 15 is 0 Å². The van der Waals surface area contributed by atoms with Crippen LogP contribution in [0.15, 0.2) is 18.2 Å². The molecule has 0 aliphatic carbocycles. The van der Waals surface area contributed by atoms with Crippen molar-refractivity contribution in [1.29, 1.82) is 0 Å². The van der Waals surface area contributed by atoms with Gasteiger partial charge in [0.25, 0.3) is 0 Å². The maximum Gasteiger partial charge on any atom is 0.389 e. The third-order valence-corrected chi connectivity index (χ3v) is 3.24. The van der Waals surface area contributed by atoms with Crippen LogP contribution in [-0.2, 0) is 10.2 Å². The first-order chi connectivity index (χ1) is 9.60. The van der Waals surface area contributed by atoms with Crippen LogP contribution < -0.4 is 5.73 Å². The molecular formula is C13H14F5NO2. The lowest BCUT2D eigenvalue weighted by Gasteiger charge is -2.28. The second-order valence-electron chi connectivity index (χ2n) is 4.72. The van der Waals surface area contributed by atoms with Crippen LogP contribution in [0.3, 0.4) is 0 Å². The Morgan fingerprint density at radius 3 is 2.00 bits per heavy atom. The van der Waals surface area contributed by atoms with Gasteiger partial charge in [0.15, 0.2) is 0 Å². The number of hydrogen-bond donors (Lipinski definition) is 2. The molecule has 0 bridgehead atoms. The Labute approximate surface area is 117 Å². The first-order valence-electron chi connectivity index (χ1n) is 6.07. The summed E-state index contributed by atoms with van der Waals surface area (Å²) in [6.07, 6.45) is -6.61. The quantitative estimate of drug-likeness (QED) is 0.794. The predicted molar refractivity (Wildman–Crippen MR) is 64.6 cm³/mol. The molecule has 0 saturated carbocycles. The number of carbonyl (C=O) groups is 1. The number of rotatable bonds is 6. The van der Waals surface area contributed by atoms with E-state index < -0.39 is 55.0 Å². The molecule has 1 aromatic carbocycles. The van der Waals surface area contributed by atoms with E-state index in [0.717, 1.165) is 12.1 Å². The van der Waals surface area contributed by atoms with Gasteiger partial charge in [-0.25, -0.2) is 8.78 Å². The fourth-order valence-electron chi connectivity index (χ4n) is 2.10. The Morgan fingerprint density at radius 2 is 1.62 bits per heavy atom. The summed E-state index contributed by atoms with van der Waals surface area (Å²) in [5.41, 5.74) is 3.15. The van der Waals surface area contributed by atoms with Crippen LogP contribution in [0.4, 0.5) is 22.0 Å². The van der Waals surface area contributed by atoms with Crippen LogP contribution in [0.25, 0.3) is 0 Å². The van der Waals surface area contributed by atoms with Crippen molar-refractivity contribution in [2.24, 2.45) is 5.73 Å². The van der Waals surface area contributed by atoms with Gasteiger partial charge < -0.3 is 10.8 Å². The van der Waals surface area contributed by atoms with Gasteiger partial charge in [-0.05, 0) is 30.5 Å². The van der Waals surface area contributed by atoms with E-state index in [2.05, 4.69) is 0 Å². The number of benzene rings is 1. The average molecular weight is 311 g/mol. The van der Waals surface area contributed by atoms with Crippen LogP contribution in [0.1, 0.15) is 24.8 Å². The summed E-state index contributed by atoms with van der Waals surface area (Å²) in [6, 6.07) is 2.09. The summed E-state index contributed by atoms with van der Waals surface area (Å²) in [5.74, 6) is -3.54. The molecule has 3 N–H and O–H groups in total. The van der Waals surface area contributed by atoms with Crippen LogP contribution in [0.5, 0.6) is 0 Å². The number of alkyl halides is 3. The number of carboxylic acids is 1.